The van der Waals surface area contributed by atoms with Crippen molar-refractivity contribution >= 4 is 11.4 Å². The number of aryl methyl sites for hydroxylation is 1. The van der Waals surface area contributed by atoms with Gasteiger partial charge in [-0.2, -0.15) is 0 Å². The van der Waals surface area contributed by atoms with Gasteiger partial charge in [0.15, 0.2) is 0 Å². The van der Waals surface area contributed by atoms with Gasteiger partial charge in [-0.15, -0.1) is 0 Å². The number of hydrogen-bond donors (Lipinski definition) is 1. The van der Waals surface area contributed by atoms with Crippen LogP contribution in [-0.2, 0) is 0 Å². The highest BCUT2D eigenvalue weighted by atomic mass is 15.1. The van der Waals surface area contributed by atoms with Crippen molar-refractivity contribution in [2.75, 3.05) is 43.4 Å². The lowest BCUT2D eigenvalue weighted by molar-refractivity contribution is 0.301. The van der Waals surface area contributed by atoms with Crippen LogP contribution in [0.15, 0.2) is 18.2 Å². The second kappa shape index (κ2) is 8.05. The fourth-order valence-electron chi connectivity index (χ4n) is 2.41. The Balaban J connectivity index is 2.61. The molecule has 2 N–H and O–H groups in total. The maximum absolute atomic E-state index is 6.19. The van der Waals surface area contributed by atoms with Crippen molar-refractivity contribution in [1.82, 2.24) is 4.90 Å². The first-order valence-electron chi connectivity index (χ1n) is 7.46. The van der Waals surface area contributed by atoms with Crippen LogP contribution in [-0.4, -0.2) is 37.6 Å². The van der Waals surface area contributed by atoms with Gasteiger partial charge in [0, 0.05) is 13.1 Å². The van der Waals surface area contributed by atoms with E-state index in [9.17, 15) is 0 Å². The molecule has 0 aromatic heterocycles. The molecule has 0 unspecified atom stereocenters. The molecular formula is C16H29N3. The van der Waals surface area contributed by atoms with Crippen molar-refractivity contribution in [3.8, 4) is 0 Å². The zero-order valence-electron chi connectivity index (χ0n) is 12.9. The van der Waals surface area contributed by atoms with Gasteiger partial charge in [-0.25, -0.2) is 0 Å². The Morgan fingerprint density at radius 3 is 2.26 bits per heavy atom. The fourth-order valence-corrected chi connectivity index (χ4v) is 2.41. The van der Waals surface area contributed by atoms with Crippen molar-refractivity contribution in [2.24, 2.45) is 0 Å². The number of benzene rings is 1. The molecule has 0 heterocycles. The molecule has 0 radical (unpaired) electrons. The van der Waals surface area contributed by atoms with Gasteiger partial charge < -0.3 is 15.5 Å². The van der Waals surface area contributed by atoms with Gasteiger partial charge in [0.05, 0.1) is 11.4 Å². The van der Waals surface area contributed by atoms with E-state index >= 15 is 0 Å². The molecule has 1 aromatic carbocycles. The largest absolute Gasteiger partial charge is 0.397 e. The third-order valence-corrected chi connectivity index (χ3v) is 3.82. The maximum atomic E-state index is 6.19. The quantitative estimate of drug-likeness (QED) is 0.731. The van der Waals surface area contributed by atoms with Gasteiger partial charge in [-0.3, -0.25) is 0 Å². The highest BCUT2D eigenvalue weighted by molar-refractivity contribution is 5.70. The number of nitrogen functional groups attached to an aromatic ring is 1. The summed E-state index contributed by atoms with van der Waals surface area (Å²) in [5.74, 6) is 0. The topological polar surface area (TPSA) is 32.5 Å². The number of hydrogen-bond acceptors (Lipinski definition) is 3. The van der Waals surface area contributed by atoms with E-state index in [-0.39, 0.29) is 0 Å². The summed E-state index contributed by atoms with van der Waals surface area (Å²) in [5.41, 5.74) is 9.46. The summed E-state index contributed by atoms with van der Waals surface area (Å²) in [6.07, 6.45) is 1.18. The summed E-state index contributed by atoms with van der Waals surface area (Å²) in [7, 11) is 0. The Bertz CT molecular complexity index is 372. The highest BCUT2D eigenvalue weighted by Gasteiger charge is 2.09. The first-order valence-corrected chi connectivity index (χ1v) is 7.46. The standard InChI is InChI=1S/C16H29N3/c1-5-18(6-2)12-9-13-19(7-3)15-11-8-10-14(4)16(15)17/h8,10-11H,5-7,9,12-13,17H2,1-4H3. The van der Waals surface area contributed by atoms with E-state index < -0.39 is 0 Å². The molecule has 108 valence electrons. The zero-order chi connectivity index (χ0) is 14.3. The summed E-state index contributed by atoms with van der Waals surface area (Å²) in [4.78, 5) is 4.85. The molecule has 0 atom stereocenters. The third-order valence-electron chi connectivity index (χ3n) is 3.82. The molecule has 0 bridgehead atoms. The SMILES string of the molecule is CCN(CC)CCCN(CC)c1cccc(C)c1N. The van der Waals surface area contributed by atoms with Crippen molar-refractivity contribution in [2.45, 2.75) is 34.1 Å². The molecule has 0 aliphatic carbocycles. The van der Waals surface area contributed by atoms with Crippen molar-refractivity contribution in [1.29, 1.82) is 0 Å². The van der Waals surface area contributed by atoms with E-state index in [1.54, 1.807) is 0 Å². The Labute approximate surface area is 118 Å². The first-order chi connectivity index (χ1) is 9.13. The number of anilines is 2. The minimum absolute atomic E-state index is 0.923. The summed E-state index contributed by atoms with van der Waals surface area (Å²) in [6, 6.07) is 6.29. The minimum atomic E-state index is 0.923. The molecular weight excluding hydrogens is 234 g/mol. The van der Waals surface area contributed by atoms with Crippen LogP contribution in [0.3, 0.4) is 0 Å². The lowest BCUT2D eigenvalue weighted by Crippen LogP contribution is -2.30. The molecule has 0 saturated heterocycles. The van der Waals surface area contributed by atoms with E-state index in [0.717, 1.165) is 38.4 Å². The van der Waals surface area contributed by atoms with E-state index in [1.807, 2.05) is 0 Å². The summed E-state index contributed by atoms with van der Waals surface area (Å²) in [6.45, 7) is 14.2. The van der Waals surface area contributed by atoms with Crippen LogP contribution >= 0.6 is 0 Å². The van der Waals surface area contributed by atoms with E-state index in [0.29, 0.717) is 0 Å². The predicted molar refractivity (Wildman–Crippen MR) is 85.9 cm³/mol. The van der Waals surface area contributed by atoms with E-state index in [2.05, 4.69) is 55.7 Å². The molecule has 0 saturated carbocycles. The Morgan fingerprint density at radius 2 is 1.68 bits per heavy atom. The average molecular weight is 263 g/mol. The van der Waals surface area contributed by atoms with Crippen LogP contribution in [0.5, 0.6) is 0 Å². The third kappa shape index (κ3) is 4.43. The molecule has 0 aliphatic heterocycles. The van der Waals surface area contributed by atoms with Crippen LogP contribution in [0.2, 0.25) is 0 Å². The summed E-state index contributed by atoms with van der Waals surface area (Å²) in [5, 5.41) is 0. The second-order valence-electron chi connectivity index (χ2n) is 4.97. The predicted octanol–water partition coefficient (Wildman–Crippen LogP) is 3.14. The van der Waals surface area contributed by atoms with Gasteiger partial charge in [0.1, 0.15) is 0 Å². The van der Waals surface area contributed by atoms with Gasteiger partial charge in [0.25, 0.3) is 0 Å². The van der Waals surface area contributed by atoms with Crippen LogP contribution in [0.4, 0.5) is 11.4 Å². The minimum Gasteiger partial charge on any atom is -0.397 e. The maximum Gasteiger partial charge on any atom is 0.0602 e. The number of para-hydroxylation sites is 1. The van der Waals surface area contributed by atoms with Gasteiger partial charge in [-0.1, -0.05) is 26.0 Å². The second-order valence-corrected chi connectivity index (χ2v) is 4.97. The lowest BCUT2D eigenvalue weighted by Gasteiger charge is -2.27. The number of rotatable bonds is 8. The highest BCUT2D eigenvalue weighted by Crippen LogP contribution is 2.26. The molecule has 3 nitrogen and oxygen atoms in total. The first kappa shape index (κ1) is 15.8. The lowest BCUT2D eigenvalue weighted by atomic mass is 10.1. The monoisotopic (exact) mass is 263 g/mol. The van der Waals surface area contributed by atoms with Gasteiger partial charge in [-0.05, 0) is 51.5 Å². The van der Waals surface area contributed by atoms with Crippen LogP contribution in [0.1, 0.15) is 32.8 Å². The Kier molecular flexibility index (Phi) is 6.71. The van der Waals surface area contributed by atoms with Gasteiger partial charge >= 0.3 is 0 Å². The molecule has 0 aliphatic rings. The average Bonchev–Trinajstić information content (AvgIpc) is 2.43. The molecule has 0 fully saturated rings. The number of nitrogens with zero attached hydrogens (tertiary/aromatic N) is 2. The summed E-state index contributed by atoms with van der Waals surface area (Å²) >= 11 is 0. The van der Waals surface area contributed by atoms with Crippen molar-refractivity contribution < 1.29 is 0 Å². The zero-order valence-corrected chi connectivity index (χ0v) is 12.9. The Morgan fingerprint density at radius 1 is 1.00 bits per heavy atom. The molecule has 19 heavy (non-hydrogen) atoms. The summed E-state index contributed by atoms with van der Waals surface area (Å²) < 4.78 is 0. The molecule has 0 spiro atoms. The van der Waals surface area contributed by atoms with Crippen LogP contribution in [0, 0.1) is 6.92 Å². The molecule has 1 rings (SSSR count). The fraction of sp³-hybridized carbons (Fsp3) is 0.625. The van der Waals surface area contributed by atoms with Crippen LogP contribution in [0.25, 0.3) is 0 Å². The molecule has 0 amide bonds. The molecule has 1 aromatic rings. The normalized spacial score (nSPS) is 11.0. The van der Waals surface area contributed by atoms with Gasteiger partial charge in [0.2, 0.25) is 0 Å². The van der Waals surface area contributed by atoms with Crippen molar-refractivity contribution in [3.05, 3.63) is 23.8 Å². The Hall–Kier alpha value is -1.22. The number of nitrogens with two attached hydrogens (primary N) is 1. The van der Waals surface area contributed by atoms with E-state index in [4.69, 9.17) is 5.73 Å². The van der Waals surface area contributed by atoms with E-state index in [1.165, 1.54) is 17.7 Å². The van der Waals surface area contributed by atoms with Crippen LogP contribution < -0.4 is 10.6 Å². The molecule has 3 heteroatoms. The van der Waals surface area contributed by atoms with Crippen molar-refractivity contribution in [3.63, 3.8) is 0 Å². The smallest absolute Gasteiger partial charge is 0.0602 e.